The van der Waals surface area contributed by atoms with Gasteiger partial charge in [-0.3, -0.25) is 15.2 Å². The predicted octanol–water partition coefficient (Wildman–Crippen LogP) is 3.36. The molecule has 4 rings (SSSR count). The lowest BCUT2D eigenvalue weighted by atomic mass is 10.1. The number of carbonyl (C=O) groups is 1. The first-order valence-corrected chi connectivity index (χ1v) is 8.19. The largest absolute Gasteiger partial charge is 0.497 e. The summed E-state index contributed by atoms with van der Waals surface area (Å²) in [6.07, 6.45) is 0. The zero-order valence-corrected chi connectivity index (χ0v) is 14.7. The number of imidazole rings is 1. The fraction of sp³-hybridized carbons (Fsp3) is 0.105. The number of hydrogen-bond acceptors (Lipinski definition) is 4. The molecule has 0 unspecified atom stereocenters. The smallest absolute Gasteiger partial charge is 0.275 e. The number of nitrogens with zero attached hydrogens (tertiary/aromatic N) is 3. The first kappa shape index (κ1) is 16.8. The minimum Gasteiger partial charge on any atom is -0.497 e. The molecule has 0 atom stereocenters. The van der Waals surface area contributed by atoms with Crippen molar-refractivity contribution in [3.63, 3.8) is 0 Å². The Balaban J connectivity index is 1.60. The van der Waals surface area contributed by atoms with Gasteiger partial charge in [0.05, 0.1) is 18.3 Å². The van der Waals surface area contributed by atoms with Crippen molar-refractivity contribution in [3.05, 3.63) is 60.0 Å². The summed E-state index contributed by atoms with van der Waals surface area (Å²) in [7, 11) is 3.29. The van der Waals surface area contributed by atoms with E-state index in [1.54, 1.807) is 36.9 Å². The van der Waals surface area contributed by atoms with E-state index in [0.29, 0.717) is 17.0 Å². The first-order chi connectivity index (χ1) is 13.1. The highest BCUT2D eigenvalue weighted by molar-refractivity contribution is 6.03. The summed E-state index contributed by atoms with van der Waals surface area (Å²) in [6.45, 7) is 0. The van der Waals surface area contributed by atoms with Gasteiger partial charge in [0.1, 0.15) is 17.0 Å². The van der Waals surface area contributed by atoms with Crippen molar-refractivity contribution in [3.8, 4) is 17.0 Å². The van der Waals surface area contributed by atoms with E-state index in [1.807, 2.05) is 24.3 Å². The predicted molar refractivity (Wildman–Crippen MR) is 99.2 cm³/mol. The van der Waals surface area contributed by atoms with Crippen LogP contribution in [-0.4, -0.2) is 32.8 Å². The molecule has 0 aliphatic rings. The quantitative estimate of drug-likeness (QED) is 0.581. The summed E-state index contributed by atoms with van der Waals surface area (Å²) in [5.74, 6) is 0.0850. The van der Waals surface area contributed by atoms with Crippen LogP contribution < -0.4 is 10.1 Å². The average molecular weight is 365 g/mol. The molecule has 8 heteroatoms. The van der Waals surface area contributed by atoms with Crippen molar-refractivity contribution in [2.24, 2.45) is 7.05 Å². The molecule has 27 heavy (non-hydrogen) atoms. The fourth-order valence-corrected chi connectivity index (χ4v) is 2.83. The molecular weight excluding hydrogens is 349 g/mol. The van der Waals surface area contributed by atoms with Crippen molar-refractivity contribution in [1.82, 2.24) is 19.7 Å². The molecule has 0 aliphatic carbocycles. The van der Waals surface area contributed by atoms with E-state index in [-0.39, 0.29) is 17.2 Å². The van der Waals surface area contributed by atoms with Crippen molar-refractivity contribution < 1.29 is 13.9 Å². The maximum Gasteiger partial charge on any atom is 0.275 e. The Labute approximate surface area is 153 Å². The van der Waals surface area contributed by atoms with Crippen molar-refractivity contribution >= 4 is 22.9 Å². The Bertz CT molecular complexity index is 1150. The lowest BCUT2D eigenvalue weighted by Crippen LogP contribution is -2.15. The number of anilines is 1. The molecule has 0 radical (unpaired) electrons. The number of para-hydroxylation sites is 1. The van der Waals surface area contributed by atoms with Crippen LogP contribution in [0.2, 0.25) is 0 Å². The molecule has 2 aromatic heterocycles. The molecule has 0 saturated carbocycles. The lowest BCUT2D eigenvalue weighted by Gasteiger charge is -2.03. The van der Waals surface area contributed by atoms with Crippen molar-refractivity contribution in [2.45, 2.75) is 0 Å². The Morgan fingerprint density at radius 1 is 1.22 bits per heavy atom. The van der Waals surface area contributed by atoms with Crippen LogP contribution in [0.25, 0.3) is 22.3 Å². The van der Waals surface area contributed by atoms with Gasteiger partial charge in [-0.25, -0.2) is 9.37 Å². The van der Waals surface area contributed by atoms with Gasteiger partial charge in [-0.05, 0) is 30.3 Å². The van der Waals surface area contributed by atoms with E-state index in [2.05, 4.69) is 20.5 Å². The summed E-state index contributed by atoms with van der Waals surface area (Å²) in [5, 5.41) is 9.57. The third-order valence-electron chi connectivity index (χ3n) is 4.28. The van der Waals surface area contributed by atoms with Gasteiger partial charge in [0.2, 0.25) is 5.95 Å². The normalized spacial score (nSPS) is 10.9. The van der Waals surface area contributed by atoms with Gasteiger partial charge < -0.3 is 9.30 Å². The van der Waals surface area contributed by atoms with E-state index in [9.17, 15) is 9.18 Å². The number of carbonyl (C=O) groups excluding carboxylic acids is 1. The number of benzene rings is 2. The summed E-state index contributed by atoms with van der Waals surface area (Å²) in [5.41, 5.74) is 2.48. The second-order valence-corrected chi connectivity index (χ2v) is 5.95. The highest BCUT2D eigenvalue weighted by Gasteiger charge is 2.16. The molecule has 7 nitrogen and oxygen atoms in total. The number of hydrogen-bond donors (Lipinski definition) is 2. The molecule has 0 aliphatic heterocycles. The van der Waals surface area contributed by atoms with Crippen molar-refractivity contribution in [1.29, 1.82) is 0 Å². The van der Waals surface area contributed by atoms with Crippen LogP contribution in [0.15, 0.2) is 48.5 Å². The zero-order valence-electron chi connectivity index (χ0n) is 14.7. The van der Waals surface area contributed by atoms with E-state index < -0.39 is 11.7 Å². The maximum absolute atomic E-state index is 13.9. The topological polar surface area (TPSA) is 84.8 Å². The molecule has 0 fully saturated rings. The molecule has 2 aromatic carbocycles. The van der Waals surface area contributed by atoms with Crippen LogP contribution >= 0.6 is 0 Å². The molecule has 0 saturated heterocycles. The van der Waals surface area contributed by atoms with Crippen LogP contribution in [0.4, 0.5) is 10.3 Å². The van der Waals surface area contributed by atoms with Crippen LogP contribution in [0.3, 0.4) is 0 Å². The maximum atomic E-state index is 13.9. The number of aromatic nitrogens is 4. The third-order valence-corrected chi connectivity index (χ3v) is 4.28. The summed E-state index contributed by atoms with van der Waals surface area (Å²) >= 11 is 0. The van der Waals surface area contributed by atoms with E-state index in [4.69, 9.17) is 4.74 Å². The van der Waals surface area contributed by atoms with Crippen LogP contribution in [-0.2, 0) is 7.05 Å². The molecule has 0 bridgehead atoms. The molecule has 0 spiro atoms. The van der Waals surface area contributed by atoms with Crippen molar-refractivity contribution in [2.75, 3.05) is 12.4 Å². The van der Waals surface area contributed by atoms with E-state index in [0.717, 1.165) is 5.56 Å². The van der Waals surface area contributed by atoms with Gasteiger partial charge in [0.15, 0.2) is 5.82 Å². The van der Waals surface area contributed by atoms with Gasteiger partial charge in [-0.1, -0.05) is 18.2 Å². The van der Waals surface area contributed by atoms with Gasteiger partial charge in [0, 0.05) is 12.6 Å². The highest BCUT2D eigenvalue weighted by Crippen LogP contribution is 2.24. The Hall–Kier alpha value is -3.68. The van der Waals surface area contributed by atoms with Gasteiger partial charge in [0.25, 0.3) is 5.91 Å². The summed E-state index contributed by atoms with van der Waals surface area (Å²) < 4.78 is 20.7. The van der Waals surface area contributed by atoms with E-state index in [1.165, 1.54) is 6.07 Å². The molecule has 1 amide bonds. The lowest BCUT2D eigenvalue weighted by molar-refractivity contribution is 0.102. The molecule has 2 N–H and O–H groups in total. The minimum atomic E-state index is -0.439. The summed E-state index contributed by atoms with van der Waals surface area (Å²) in [4.78, 5) is 16.7. The Morgan fingerprint density at radius 3 is 2.81 bits per heavy atom. The van der Waals surface area contributed by atoms with E-state index >= 15 is 0 Å². The number of nitrogens with one attached hydrogen (secondary N) is 2. The minimum absolute atomic E-state index is 0.206. The Kier molecular flexibility index (Phi) is 4.08. The number of H-pyrrole nitrogens is 1. The fourth-order valence-electron chi connectivity index (χ4n) is 2.83. The zero-order chi connectivity index (χ0) is 19.0. The number of rotatable bonds is 4. The van der Waals surface area contributed by atoms with Crippen LogP contribution in [0, 0.1) is 5.82 Å². The van der Waals surface area contributed by atoms with Gasteiger partial charge in [-0.15, -0.1) is 0 Å². The highest BCUT2D eigenvalue weighted by atomic mass is 19.1. The summed E-state index contributed by atoms with van der Waals surface area (Å²) in [6, 6.07) is 13.7. The molecule has 4 aromatic rings. The first-order valence-electron chi connectivity index (χ1n) is 8.19. The third kappa shape index (κ3) is 3.01. The monoisotopic (exact) mass is 365 g/mol. The second kappa shape index (κ2) is 6.56. The van der Waals surface area contributed by atoms with Crippen LogP contribution in [0.1, 0.15) is 10.5 Å². The Morgan fingerprint density at radius 2 is 2.04 bits per heavy atom. The number of ether oxygens (including phenoxy) is 1. The number of fused-ring (bicyclic) bond motifs is 1. The number of halogens is 1. The van der Waals surface area contributed by atoms with Crippen LogP contribution in [0.5, 0.6) is 5.75 Å². The number of methoxy groups -OCH3 is 1. The number of amides is 1. The molecule has 136 valence electrons. The number of aryl methyl sites for hydroxylation is 1. The molecular formula is C19H16FN5O2. The average Bonchev–Trinajstić information content (AvgIpc) is 3.29. The SMILES string of the molecule is COc1cccc(-c2cc(C(=O)Nc3nc4c(F)cccc4n3C)[nH]n2)c1. The standard InChI is InChI=1S/C19H16FN5O2/c1-25-16-8-4-7-13(20)17(16)21-19(25)22-18(26)15-10-14(23-24-15)11-5-3-6-12(9-11)27-2/h3-10H,1-2H3,(H,23,24)(H,21,22,26). The van der Waals surface area contributed by atoms with Gasteiger partial charge >= 0.3 is 0 Å². The van der Waals surface area contributed by atoms with Gasteiger partial charge in [-0.2, -0.15) is 5.10 Å². The molecule has 2 heterocycles. The number of aromatic amines is 1. The second-order valence-electron chi connectivity index (χ2n) is 5.95.